The molecule has 1 saturated heterocycles. The van der Waals surface area contributed by atoms with Crippen LogP contribution in [0.2, 0.25) is 0 Å². The van der Waals surface area contributed by atoms with Crippen molar-refractivity contribution < 1.29 is 9.53 Å². The number of hydrogen-bond donors (Lipinski definition) is 0. The highest BCUT2D eigenvalue weighted by Gasteiger charge is 2.26. The summed E-state index contributed by atoms with van der Waals surface area (Å²) >= 11 is 1.54. The Bertz CT molecular complexity index is 943. The van der Waals surface area contributed by atoms with Crippen LogP contribution in [0.3, 0.4) is 0 Å². The van der Waals surface area contributed by atoms with Gasteiger partial charge in [-0.3, -0.25) is 14.6 Å². The van der Waals surface area contributed by atoms with Gasteiger partial charge in [0.2, 0.25) is 0 Å². The summed E-state index contributed by atoms with van der Waals surface area (Å²) in [6, 6.07) is 21.8. The summed E-state index contributed by atoms with van der Waals surface area (Å²) < 4.78 is 5.23. The van der Waals surface area contributed by atoms with E-state index in [4.69, 9.17) is 4.74 Å². The second-order valence-corrected chi connectivity index (χ2v) is 9.43. The number of rotatable bonds is 8. The molecule has 0 N–H and O–H groups in total. The van der Waals surface area contributed by atoms with Gasteiger partial charge in [0.05, 0.1) is 24.3 Å². The normalized spacial score (nSPS) is 15.4. The number of esters is 1. The van der Waals surface area contributed by atoms with E-state index in [1.807, 2.05) is 13.8 Å². The van der Waals surface area contributed by atoms with Gasteiger partial charge in [0.25, 0.3) is 0 Å². The van der Waals surface area contributed by atoms with Crippen molar-refractivity contribution in [3.63, 3.8) is 0 Å². The molecule has 2 aromatic carbocycles. The van der Waals surface area contributed by atoms with Gasteiger partial charge in [-0.1, -0.05) is 60.7 Å². The van der Waals surface area contributed by atoms with Gasteiger partial charge >= 0.3 is 5.97 Å². The van der Waals surface area contributed by atoms with Gasteiger partial charge in [-0.05, 0) is 25.0 Å². The van der Waals surface area contributed by atoms with Gasteiger partial charge in [-0.15, -0.1) is 11.3 Å². The van der Waals surface area contributed by atoms with Crippen LogP contribution in [-0.2, 0) is 22.5 Å². The minimum absolute atomic E-state index is 0.0890. The van der Waals surface area contributed by atoms with Crippen molar-refractivity contribution in [1.29, 1.82) is 0 Å². The predicted octanol–water partition coefficient (Wildman–Crippen LogP) is 4.54. The summed E-state index contributed by atoms with van der Waals surface area (Å²) in [6.07, 6.45) is 0.167. The van der Waals surface area contributed by atoms with Crippen LogP contribution in [0.25, 0.3) is 0 Å². The molecule has 1 aliphatic rings. The summed E-state index contributed by atoms with van der Waals surface area (Å²) in [7, 11) is 0. The van der Waals surface area contributed by atoms with Gasteiger partial charge in [0.1, 0.15) is 5.01 Å². The Labute approximate surface area is 194 Å². The van der Waals surface area contributed by atoms with E-state index >= 15 is 0 Å². The molecule has 2 heterocycles. The molecule has 4 rings (SSSR count). The van der Waals surface area contributed by atoms with Crippen LogP contribution in [0, 0.1) is 0 Å². The first-order valence-electron chi connectivity index (χ1n) is 11.3. The molecule has 1 aromatic heterocycles. The first-order valence-corrected chi connectivity index (χ1v) is 12.2. The molecular formula is C26H31N3O2S. The molecule has 0 atom stereocenters. The molecule has 5 nitrogen and oxygen atoms in total. The van der Waals surface area contributed by atoms with E-state index < -0.39 is 0 Å². The highest BCUT2D eigenvalue weighted by atomic mass is 32.1. The molecule has 0 aliphatic carbocycles. The zero-order valence-electron chi connectivity index (χ0n) is 18.8. The fourth-order valence-electron chi connectivity index (χ4n) is 4.22. The topological polar surface area (TPSA) is 45.7 Å². The van der Waals surface area contributed by atoms with Crippen LogP contribution in [0.1, 0.15) is 41.7 Å². The number of carbonyl (C=O) groups is 1. The Morgan fingerprint density at radius 3 is 2.12 bits per heavy atom. The van der Waals surface area contributed by atoms with Gasteiger partial charge in [0.15, 0.2) is 0 Å². The summed E-state index contributed by atoms with van der Waals surface area (Å²) in [5, 5.41) is 2.90. The Balaban J connectivity index is 1.36. The smallest absolute Gasteiger partial charge is 0.312 e. The fourth-order valence-corrected chi connectivity index (χ4v) is 4.99. The second-order valence-electron chi connectivity index (χ2n) is 8.48. The van der Waals surface area contributed by atoms with Crippen LogP contribution in [0.15, 0.2) is 66.0 Å². The number of aromatic nitrogens is 1. The number of hydrogen-bond acceptors (Lipinski definition) is 6. The second kappa shape index (κ2) is 10.9. The van der Waals surface area contributed by atoms with Crippen LogP contribution >= 0.6 is 11.3 Å². The van der Waals surface area contributed by atoms with Crippen molar-refractivity contribution in [2.24, 2.45) is 0 Å². The lowest BCUT2D eigenvalue weighted by atomic mass is 9.96. The van der Waals surface area contributed by atoms with Crippen molar-refractivity contribution in [2.45, 2.75) is 39.0 Å². The highest BCUT2D eigenvalue weighted by molar-refractivity contribution is 7.09. The van der Waals surface area contributed by atoms with E-state index in [0.717, 1.165) is 43.4 Å². The summed E-state index contributed by atoms with van der Waals surface area (Å²) in [6.45, 7) is 8.57. The zero-order valence-corrected chi connectivity index (χ0v) is 19.6. The van der Waals surface area contributed by atoms with E-state index in [-0.39, 0.29) is 24.5 Å². The minimum atomic E-state index is -0.206. The monoisotopic (exact) mass is 449 g/mol. The molecule has 1 aliphatic heterocycles. The SMILES string of the molecule is CC(C)OC(=O)Cc1nc(CN2CCN(C(c3ccccc3)c3ccccc3)CC2)cs1. The first kappa shape index (κ1) is 22.6. The Morgan fingerprint density at radius 1 is 0.969 bits per heavy atom. The lowest BCUT2D eigenvalue weighted by molar-refractivity contribution is -0.146. The number of benzene rings is 2. The molecule has 3 aromatic rings. The summed E-state index contributed by atoms with van der Waals surface area (Å²) in [5.41, 5.74) is 3.72. The predicted molar refractivity (Wildman–Crippen MR) is 129 cm³/mol. The van der Waals surface area contributed by atoms with Gasteiger partial charge in [-0.25, -0.2) is 4.98 Å². The molecule has 168 valence electrons. The average Bonchev–Trinajstić information content (AvgIpc) is 3.22. The molecular weight excluding hydrogens is 418 g/mol. The third kappa shape index (κ3) is 6.03. The Morgan fingerprint density at radius 2 is 1.56 bits per heavy atom. The molecule has 0 unspecified atom stereocenters. The number of ether oxygens (including phenoxy) is 1. The minimum Gasteiger partial charge on any atom is -0.463 e. The maximum atomic E-state index is 11.9. The largest absolute Gasteiger partial charge is 0.463 e. The van der Waals surface area contributed by atoms with Crippen LogP contribution in [-0.4, -0.2) is 53.0 Å². The molecule has 0 radical (unpaired) electrons. The molecule has 0 bridgehead atoms. The third-order valence-corrected chi connectivity index (χ3v) is 6.55. The molecule has 0 amide bonds. The maximum absolute atomic E-state index is 11.9. The maximum Gasteiger partial charge on any atom is 0.312 e. The Kier molecular flexibility index (Phi) is 7.68. The number of piperazine rings is 1. The van der Waals surface area contributed by atoms with Crippen LogP contribution in [0.5, 0.6) is 0 Å². The zero-order chi connectivity index (χ0) is 22.3. The third-order valence-electron chi connectivity index (χ3n) is 5.65. The number of thiazole rings is 1. The van der Waals surface area contributed by atoms with E-state index in [1.165, 1.54) is 11.1 Å². The molecule has 32 heavy (non-hydrogen) atoms. The van der Waals surface area contributed by atoms with E-state index in [9.17, 15) is 4.79 Å². The quantitative estimate of drug-likeness (QED) is 0.472. The Hall–Kier alpha value is -2.54. The van der Waals surface area contributed by atoms with Crippen molar-refractivity contribution in [3.8, 4) is 0 Å². The molecule has 0 saturated carbocycles. The fraction of sp³-hybridized carbons (Fsp3) is 0.385. The van der Waals surface area contributed by atoms with Gasteiger partial charge in [-0.2, -0.15) is 0 Å². The van der Waals surface area contributed by atoms with Gasteiger partial charge in [0, 0.05) is 38.1 Å². The lowest BCUT2D eigenvalue weighted by Gasteiger charge is -2.39. The van der Waals surface area contributed by atoms with Crippen LogP contribution in [0.4, 0.5) is 0 Å². The van der Waals surface area contributed by atoms with Crippen molar-refractivity contribution in [1.82, 2.24) is 14.8 Å². The summed E-state index contributed by atoms with van der Waals surface area (Å²) in [4.78, 5) is 21.6. The molecule has 6 heteroatoms. The van der Waals surface area contributed by atoms with Crippen LogP contribution < -0.4 is 0 Å². The number of nitrogens with zero attached hydrogens (tertiary/aromatic N) is 3. The van der Waals surface area contributed by atoms with Crippen molar-refractivity contribution in [2.75, 3.05) is 26.2 Å². The first-order chi connectivity index (χ1) is 15.6. The highest BCUT2D eigenvalue weighted by Crippen LogP contribution is 2.29. The standard InChI is InChI=1S/C26H31N3O2S/c1-20(2)31-25(30)17-24-27-23(19-32-24)18-28-13-15-29(16-14-28)26(21-9-5-3-6-10-21)22-11-7-4-8-12-22/h3-12,19-20,26H,13-18H2,1-2H3. The lowest BCUT2D eigenvalue weighted by Crippen LogP contribution is -2.47. The average molecular weight is 450 g/mol. The van der Waals surface area contributed by atoms with E-state index in [1.54, 1.807) is 11.3 Å². The summed E-state index contributed by atoms with van der Waals surface area (Å²) in [5.74, 6) is -0.206. The van der Waals surface area contributed by atoms with Gasteiger partial charge < -0.3 is 4.74 Å². The van der Waals surface area contributed by atoms with E-state index in [2.05, 4.69) is 80.8 Å². The molecule has 0 spiro atoms. The van der Waals surface area contributed by atoms with Crippen molar-refractivity contribution >= 4 is 17.3 Å². The molecule has 1 fully saturated rings. The number of carbonyl (C=O) groups excluding carboxylic acids is 1. The van der Waals surface area contributed by atoms with Crippen molar-refractivity contribution in [3.05, 3.63) is 87.9 Å². The van der Waals surface area contributed by atoms with E-state index in [0.29, 0.717) is 0 Å².